The second-order valence-corrected chi connectivity index (χ2v) is 5.48. The molecule has 3 rings (SSSR count). The van der Waals surface area contributed by atoms with Crippen LogP contribution in [0.15, 0.2) is 47.2 Å². The second-order valence-electron chi connectivity index (χ2n) is 5.48. The summed E-state index contributed by atoms with van der Waals surface area (Å²) < 4.78 is 10.2. The molecule has 0 aliphatic heterocycles. The van der Waals surface area contributed by atoms with Gasteiger partial charge in [-0.3, -0.25) is 4.79 Å². The lowest BCUT2D eigenvalue weighted by Gasteiger charge is -2.10. The molecule has 0 radical (unpaired) electrons. The Bertz CT molecular complexity index is 914. The Hall–Kier alpha value is -3.15. The number of hydrogen-bond donors (Lipinski definition) is 1. The van der Waals surface area contributed by atoms with Crippen molar-refractivity contribution in [1.82, 2.24) is 4.98 Å². The maximum Gasteiger partial charge on any atom is 0.338 e. The number of nitrogens with zero attached hydrogens (tertiary/aromatic N) is 1. The molecule has 122 valence electrons. The van der Waals surface area contributed by atoms with Crippen molar-refractivity contribution in [3.8, 4) is 0 Å². The Morgan fingerprint density at radius 3 is 2.83 bits per heavy atom. The molecule has 6 nitrogen and oxygen atoms in total. The zero-order valence-corrected chi connectivity index (χ0v) is 13.3. The van der Waals surface area contributed by atoms with Crippen molar-refractivity contribution in [3.05, 3.63) is 59.5 Å². The van der Waals surface area contributed by atoms with Crippen LogP contribution in [-0.2, 0) is 9.53 Å². The summed E-state index contributed by atoms with van der Waals surface area (Å²) in [6.45, 7) is 3.48. The van der Waals surface area contributed by atoms with Crippen molar-refractivity contribution in [1.29, 1.82) is 0 Å². The van der Waals surface area contributed by atoms with E-state index in [1.165, 1.54) is 6.39 Å². The van der Waals surface area contributed by atoms with Gasteiger partial charge in [-0.05, 0) is 49.2 Å². The first kappa shape index (κ1) is 15.7. The maximum atomic E-state index is 12.0. The fourth-order valence-electron chi connectivity index (χ4n) is 2.26. The van der Waals surface area contributed by atoms with Crippen LogP contribution in [0.5, 0.6) is 0 Å². The molecule has 1 amide bonds. The van der Waals surface area contributed by atoms with Gasteiger partial charge < -0.3 is 14.5 Å². The number of benzene rings is 2. The van der Waals surface area contributed by atoms with Gasteiger partial charge in [0.1, 0.15) is 5.52 Å². The monoisotopic (exact) mass is 324 g/mol. The predicted octanol–water partition coefficient (Wildman–Crippen LogP) is 3.24. The fraction of sp³-hybridized carbons (Fsp3) is 0.167. The number of oxazole rings is 1. The molecule has 1 aromatic heterocycles. The van der Waals surface area contributed by atoms with E-state index < -0.39 is 5.97 Å². The van der Waals surface area contributed by atoms with Gasteiger partial charge >= 0.3 is 5.97 Å². The number of esters is 1. The first-order chi connectivity index (χ1) is 11.5. The van der Waals surface area contributed by atoms with Gasteiger partial charge in [0, 0.05) is 5.69 Å². The van der Waals surface area contributed by atoms with Gasteiger partial charge in [0.15, 0.2) is 18.6 Å². The molecule has 24 heavy (non-hydrogen) atoms. The van der Waals surface area contributed by atoms with E-state index in [4.69, 9.17) is 9.15 Å². The molecule has 0 fully saturated rings. The van der Waals surface area contributed by atoms with E-state index in [0.717, 1.165) is 11.1 Å². The largest absolute Gasteiger partial charge is 0.452 e. The topological polar surface area (TPSA) is 81.4 Å². The summed E-state index contributed by atoms with van der Waals surface area (Å²) in [7, 11) is 0. The number of aryl methyl sites for hydroxylation is 2. The number of rotatable bonds is 4. The highest BCUT2D eigenvalue weighted by Gasteiger charge is 2.12. The molecule has 1 heterocycles. The molecule has 2 aromatic carbocycles. The van der Waals surface area contributed by atoms with Crippen LogP contribution in [0.4, 0.5) is 5.69 Å². The van der Waals surface area contributed by atoms with Crippen molar-refractivity contribution in [2.75, 3.05) is 11.9 Å². The van der Waals surface area contributed by atoms with E-state index in [1.54, 1.807) is 18.2 Å². The third kappa shape index (κ3) is 3.43. The third-order valence-electron chi connectivity index (χ3n) is 3.57. The SMILES string of the molecule is Cc1ccc(C)c(NC(=O)COC(=O)c2ccc3ocnc3c2)c1. The average molecular weight is 324 g/mol. The lowest BCUT2D eigenvalue weighted by Crippen LogP contribution is -2.21. The summed E-state index contributed by atoms with van der Waals surface area (Å²) >= 11 is 0. The highest BCUT2D eigenvalue weighted by atomic mass is 16.5. The van der Waals surface area contributed by atoms with Crippen molar-refractivity contribution < 1.29 is 18.7 Å². The Morgan fingerprint density at radius 2 is 2.00 bits per heavy atom. The maximum absolute atomic E-state index is 12.0. The smallest absolute Gasteiger partial charge is 0.338 e. The molecular formula is C18H16N2O4. The number of carbonyl (C=O) groups excluding carboxylic acids is 2. The number of anilines is 1. The molecule has 0 aliphatic rings. The first-order valence-corrected chi connectivity index (χ1v) is 7.40. The summed E-state index contributed by atoms with van der Waals surface area (Å²) in [6.07, 6.45) is 1.30. The number of aromatic nitrogens is 1. The zero-order valence-electron chi connectivity index (χ0n) is 13.3. The Labute approximate surface area is 138 Å². The number of carbonyl (C=O) groups is 2. The minimum atomic E-state index is -0.587. The standard InChI is InChI=1S/C18H16N2O4/c1-11-3-4-12(2)14(7-11)20-17(21)9-23-18(22)13-5-6-16-15(8-13)19-10-24-16/h3-8,10H,9H2,1-2H3,(H,20,21). The Balaban J connectivity index is 1.61. The minimum absolute atomic E-state index is 0.316. The number of nitrogens with one attached hydrogen (secondary N) is 1. The van der Waals surface area contributed by atoms with E-state index in [-0.39, 0.29) is 12.5 Å². The van der Waals surface area contributed by atoms with E-state index in [1.807, 2.05) is 32.0 Å². The lowest BCUT2D eigenvalue weighted by atomic mass is 10.1. The average Bonchev–Trinajstić information content (AvgIpc) is 3.03. The molecule has 0 spiro atoms. The molecule has 0 saturated heterocycles. The van der Waals surface area contributed by atoms with Crippen molar-refractivity contribution in [3.63, 3.8) is 0 Å². The van der Waals surface area contributed by atoms with Gasteiger partial charge in [-0.1, -0.05) is 12.1 Å². The third-order valence-corrected chi connectivity index (χ3v) is 3.57. The number of hydrogen-bond acceptors (Lipinski definition) is 5. The summed E-state index contributed by atoms with van der Waals surface area (Å²) in [5.74, 6) is -0.976. The minimum Gasteiger partial charge on any atom is -0.452 e. The second kappa shape index (κ2) is 6.54. The van der Waals surface area contributed by atoms with Crippen molar-refractivity contribution >= 4 is 28.7 Å². The van der Waals surface area contributed by atoms with Gasteiger partial charge in [-0.25, -0.2) is 9.78 Å². The summed E-state index contributed by atoms with van der Waals surface area (Å²) in [6, 6.07) is 10.5. The van der Waals surface area contributed by atoms with Crippen LogP contribution in [0.2, 0.25) is 0 Å². The molecule has 3 aromatic rings. The van der Waals surface area contributed by atoms with Crippen LogP contribution in [0.3, 0.4) is 0 Å². The summed E-state index contributed by atoms with van der Waals surface area (Å²) in [4.78, 5) is 28.0. The molecule has 0 bridgehead atoms. The van der Waals surface area contributed by atoms with Crippen LogP contribution >= 0.6 is 0 Å². The van der Waals surface area contributed by atoms with E-state index in [2.05, 4.69) is 10.3 Å². The van der Waals surface area contributed by atoms with Gasteiger partial charge in [-0.15, -0.1) is 0 Å². The van der Waals surface area contributed by atoms with Crippen LogP contribution in [0, 0.1) is 13.8 Å². The fourth-order valence-corrected chi connectivity index (χ4v) is 2.26. The zero-order chi connectivity index (χ0) is 17.1. The molecule has 6 heteroatoms. The van der Waals surface area contributed by atoms with Gasteiger partial charge in [0.2, 0.25) is 0 Å². The lowest BCUT2D eigenvalue weighted by molar-refractivity contribution is -0.119. The van der Waals surface area contributed by atoms with E-state index in [9.17, 15) is 9.59 Å². The molecule has 0 unspecified atom stereocenters. The summed E-state index contributed by atoms with van der Waals surface area (Å²) in [5.41, 5.74) is 4.14. The highest BCUT2D eigenvalue weighted by molar-refractivity contribution is 5.97. The molecule has 0 atom stereocenters. The van der Waals surface area contributed by atoms with Crippen molar-refractivity contribution in [2.24, 2.45) is 0 Å². The number of fused-ring (bicyclic) bond motifs is 1. The van der Waals surface area contributed by atoms with Gasteiger partial charge in [-0.2, -0.15) is 0 Å². The molecule has 1 N–H and O–H groups in total. The first-order valence-electron chi connectivity index (χ1n) is 7.40. The highest BCUT2D eigenvalue weighted by Crippen LogP contribution is 2.17. The van der Waals surface area contributed by atoms with Gasteiger partial charge in [0.05, 0.1) is 5.56 Å². The Kier molecular flexibility index (Phi) is 4.29. The number of amides is 1. The molecule has 0 aliphatic carbocycles. The van der Waals surface area contributed by atoms with Gasteiger partial charge in [0.25, 0.3) is 5.91 Å². The Morgan fingerprint density at radius 1 is 1.17 bits per heavy atom. The molecular weight excluding hydrogens is 308 g/mol. The van der Waals surface area contributed by atoms with Crippen LogP contribution in [0.25, 0.3) is 11.1 Å². The van der Waals surface area contributed by atoms with Crippen LogP contribution in [-0.4, -0.2) is 23.5 Å². The normalized spacial score (nSPS) is 10.6. The van der Waals surface area contributed by atoms with Crippen LogP contribution in [0.1, 0.15) is 21.5 Å². The van der Waals surface area contributed by atoms with Crippen LogP contribution < -0.4 is 5.32 Å². The predicted molar refractivity (Wildman–Crippen MR) is 88.8 cm³/mol. The van der Waals surface area contributed by atoms with E-state index in [0.29, 0.717) is 22.4 Å². The molecule has 0 saturated carbocycles. The summed E-state index contributed by atoms with van der Waals surface area (Å²) in [5, 5.41) is 2.74. The van der Waals surface area contributed by atoms with Crippen molar-refractivity contribution in [2.45, 2.75) is 13.8 Å². The number of ether oxygens (including phenoxy) is 1. The van der Waals surface area contributed by atoms with E-state index >= 15 is 0 Å². The quantitative estimate of drug-likeness (QED) is 0.745.